The Bertz CT molecular complexity index is 1550. The number of aliphatic hydroxyl groups is 1. The van der Waals surface area contributed by atoms with Crippen LogP contribution in [0.5, 0.6) is 0 Å². The summed E-state index contributed by atoms with van der Waals surface area (Å²) in [4.78, 5) is 37.5. The quantitative estimate of drug-likeness (QED) is 0.112. The number of carbonyl (C=O) groups excluding carboxylic acids is 2. The minimum Gasteiger partial charge on any atom is -0.475 e. The Balaban J connectivity index is 1.67. The summed E-state index contributed by atoms with van der Waals surface area (Å²) in [5.41, 5.74) is 5.31. The Morgan fingerprint density at radius 3 is 1.98 bits per heavy atom. The Morgan fingerprint density at radius 2 is 1.42 bits per heavy atom. The molecule has 45 heavy (non-hydrogen) atoms. The van der Waals surface area contributed by atoms with Gasteiger partial charge in [0.2, 0.25) is 0 Å². The molecule has 4 N–H and O–H groups in total. The lowest BCUT2D eigenvalue weighted by molar-refractivity contribution is -0.150. The molecule has 0 aromatic heterocycles. The molecule has 0 aliphatic carbocycles. The molecule has 0 fully saturated rings. The van der Waals surface area contributed by atoms with Crippen molar-refractivity contribution in [2.75, 3.05) is 30.5 Å². The van der Waals surface area contributed by atoms with Crippen molar-refractivity contribution in [2.24, 2.45) is 5.41 Å². The monoisotopic (exact) mass is 624 g/mol. The molecule has 4 aromatic carbocycles. The van der Waals surface area contributed by atoms with E-state index >= 15 is 0 Å². The van der Waals surface area contributed by atoms with Crippen LogP contribution in [0.2, 0.25) is 0 Å². The molecule has 1 amide bonds. The molecule has 0 bridgehead atoms. The third kappa shape index (κ3) is 9.06. The lowest BCUT2D eigenvalue weighted by atomic mass is 9.77. The summed E-state index contributed by atoms with van der Waals surface area (Å²) in [5, 5.41) is 26.4. The normalized spacial score (nSPS) is 11.9. The minimum atomic E-state index is -1.57. The number of thioether (sulfide) groups is 1. The number of hydrogen-bond donors (Lipinski definition) is 4. The van der Waals surface area contributed by atoms with Crippen molar-refractivity contribution < 1.29 is 24.6 Å². The molecule has 7 nitrogen and oxygen atoms in total. The van der Waals surface area contributed by atoms with Crippen LogP contribution in [0.3, 0.4) is 0 Å². The van der Waals surface area contributed by atoms with Crippen LogP contribution in [-0.2, 0) is 22.4 Å². The Kier molecular flexibility index (Phi) is 12.0. The van der Waals surface area contributed by atoms with Gasteiger partial charge in [-0.2, -0.15) is 11.8 Å². The fourth-order valence-electron chi connectivity index (χ4n) is 5.54. The first-order valence-electron chi connectivity index (χ1n) is 14.9. The smallest absolute Gasteiger partial charge is 0.374 e. The van der Waals surface area contributed by atoms with E-state index in [2.05, 4.69) is 34.9 Å². The molecule has 0 saturated heterocycles. The maximum atomic E-state index is 13.6. The maximum absolute atomic E-state index is 13.6. The van der Waals surface area contributed by atoms with Crippen molar-refractivity contribution in [3.63, 3.8) is 0 Å². The van der Waals surface area contributed by atoms with E-state index in [0.29, 0.717) is 36.3 Å². The summed E-state index contributed by atoms with van der Waals surface area (Å²) in [6.07, 6.45) is 3.39. The van der Waals surface area contributed by atoms with Crippen LogP contribution < -0.4 is 10.6 Å². The van der Waals surface area contributed by atoms with E-state index in [1.807, 2.05) is 79.9 Å². The zero-order valence-corrected chi connectivity index (χ0v) is 26.5. The molecule has 1 unspecified atom stereocenters. The largest absolute Gasteiger partial charge is 0.475 e. The van der Waals surface area contributed by atoms with E-state index in [9.17, 15) is 24.6 Å². The first-order valence-corrected chi connectivity index (χ1v) is 16.3. The molecule has 4 rings (SSSR count). The minimum absolute atomic E-state index is 0.0377. The summed E-state index contributed by atoms with van der Waals surface area (Å²) in [7, 11) is 0. The molecule has 0 spiro atoms. The van der Waals surface area contributed by atoms with E-state index in [-0.39, 0.29) is 13.0 Å². The number of ketones is 1. The standard InChI is InChI=1S/C37H40N2O5S/c1-26-11-9-10-16-30(26)32-21-29(17-18-31(32)35(42)39-33(19-20-45-2)34(41)36(43)44)38-24-37(25-40,22-27-12-5-3-6-13-27)23-28-14-7-4-8-15-28/h3-18,21,33,38,40H,19-20,22-25H2,1-2H3,(H,39,42)(H,43,44). The highest BCUT2D eigenvalue weighted by Crippen LogP contribution is 2.32. The number of aliphatic carboxylic acids is 1. The van der Waals surface area contributed by atoms with Gasteiger partial charge < -0.3 is 20.8 Å². The molecular weight excluding hydrogens is 584 g/mol. The van der Waals surface area contributed by atoms with Crippen molar-refractivity contribution in [3.05, 3.63) is 125 Å². The van der Waals surface area contributed by atoms with Crippen LogP contribution >= 0.6 is 11.8 Å². The molecule has 8 heteroatoms. The number of carbonyl (C=O) groups is 3. The summed E-state index contributed by atoms with van der Waals surface area (Å²) in [6, 6.07) is 32.2. The maximum Gasteiger partial charge on any atom is 0.374 e. The third-order valence-electron chi connectivity index (χ3n) is 7.99. The second kappa shape index (κ2) is 16.1. The van der Waals surface area contributed by atoms with Crippen LogP contribution in [-0.4, -0.2) is 59.1 Å². The topological polar surface area (TPSA) is 116 Å². The second-order valence-corrected chi connectivity index (χ2v) is 12.4. The molecule has 0 aliphatic rings. The molecule has 4 aromatic rings. The molecule has 0 radical (unpaired) electrons. The highest BCUT2D eigenvalue weighted by molar-refractivity contribution is 7.98. The van der Waals surface area contributed by atoms with Gasteiger partial charge in [0, 0.05) is 23.2 Å². The van der Waals surface area contributed by atoms with E-state index < -0.39 is 29.1 Å². The first-order chi connectivity index (χ1) is 21.7. The van der Waals surface area contributed by atoms with Crippen LogP contribution in [0.15, 0.2) is 103 Å². The van der Waals surface area contributed by atoms with Crippen LogP contribution in [0.25, 0.3) is 11.1 Å². The van der Waals surface area contributed by atoms with Gasteiger partial charge in [-0.3, -0.25) is 9.59 Å². The van der Waals surface area contributed by atoms with Gasteiger partial charge in [-0.05, 0) is 84.2 Å². The number of nitrogens with one attached hydrogen (secondary N) is 2. The summed E-state index contributed by atoms with van der Waals surface area (Å²) in [6.45, 7) is 2.39. The lowest BCUT2D eigenvalue weighted by Gasteiger charge is -2.33. The summed E-state index contributed by atoms with van der Waals surface area (Å²) in [5.74, 6) is -2.60. The predicted molar refractivity (Wildman–Crippen MR) is 182 cm³/mol. The number of anilines is 1. The van der Waals surface area contributed by atoms with E-state index in [0.717, 1.165) is 27.9 Å². The molecule has 234 valence electrons. The second-order valence-electron chi connectivity index (χ2n) is 11.4. The average molecular weight is 625 g/mol. The average Bonchev–Trinajstić information content (AvgIpc) is 3.06. The van der Waals surface area contributed by atoms with Crippen LogP contribution in [0, 0.1) is 12.3 Å². The number of carboxylic acids is 1. The highest BCUT2D eigenvalue weighted by Gasteiger charge is 2.31. The number of benzene rings is 4. The van der Waals surface area contributed by atoms with Crippen LogP contribution in [0.1, 0.15) is 33.5 Å². The molecule has 0 saturated carbocycles. The van der Waals surface area contributed by atoms with Gasteiger partial charge in [0.05, 0.1) is 6.61 Å². The number of amides is 1. The number of carboxylic acid groups (broad SMARTS) is 1. The van der Waals surface area contributed by atoms with E-state index in [1.165, 1.54) is 11.8 Å². The van der Waals surface area contributed by atoms with Crippen molar-refractivity contribution in [1.29, 1.82) is 0 Å². The van der Waals surface area contributed by atoms with Gasteiger partial charge in [-0.25, -0.2) is 4.79 Å². The van der Waals surface area contributed by atoms with Crippen molar-refractivity contribution in [3.8, 4) is 11.1 Å². The molecule has 0 heterocycles. The summed E-state index contributed by atoms with van der Waals surface area (Å²) >= 11 is 1.47. The Morgan fingerprint density at radius 1 is 0.822 bits per heavy atom. The zero-order chi connectivity index (χ0) is 32.2. The molecular formula is C37H40N2O5S. The lowest BCUT2D eigenvalue weighted by Crippen LogP contribution is -2.44. The molecule has 0 aliphatic heterocycles. The highest BCUT2D eigenvalue weighted by atomic mass is 32.2. The Labute approximate surface area is 269 Å². The number of rotatable bonds is 16. The van der Waals surface area contributed by atoms with Gasteiger partial charge in [0.1, 0.15) is 6.04 Å². The predicted octanol–water partition coefficient (Wildman–Crippen LogP) is 6.04. The third-order valence-corrected chi connectivity index (χ3v) is 8.63. The molecule has 1 atom stereocenters. The van der Waals surface area contributed by atoms with Gasteiger partial charge in [-0.1, -0.05) is 84.9 Å². The number of aryl methyl sites for hydroxylation is 1. The van der Waals surface area contributed by atoms with Gasteiger partial charge in [-0.15, -0.1) is 0 Å². The number of hydrogen-bond acceptors (Lipinski definition) is 6. The first kappa shape index (κ1) is 33.5. The van der Waals surface area contributed by atoms with Crippen molar-refractivity contribution in [2.45, 2.75) is 32.2 Å². The van der Waals surface area contributed by atoms with Gasteiger partial charge in [0.15, 0.2) is 0 Å². The van der Waals surface area contributed by atoms with Crippen molar-refractivity contribution >= 4 is 35.1 Å². The number of aliphatic hydroxyl groups excluding tert-OH is 1. The summed E-state index contributed by atoms with van der Waals surface area (Å²) < 4.78 is 0. The Hall–Kier alpha value is -4.40. The zero-order valence-electron chi connectivity index (χ0n) is 25.7. The number of Topliss-reactive ketones (excluding diaryl/α,β-unsaturated/α-hetero) is 1. The van der Waals surface area contributed by atoms with Crippen molar-refractivity contribution in [1.82, 2.24) is 5.32 Å². The van der Waals surface area contributed by atoms with Crippen LogP contribution in [0.4, 0.5) is 5.69 Å². The fraction of sp³-hybridized carbons (Fsp3) is 0.270. The SMILES string of the molecule is CSCCC(NC(=O)c1ccc(NCC(CO)(Cc2ccccc2)Cc2ccccc2)cc1-c1ccccc1C)C(=O)C(=O)O. The van der Waals surface area contributed by atoms with Gasteiger partial charge in [0.25, 0.3) is 11.7 Å². The fourth-order valence-corrected chi connectivity index (χ4v) is 6.01. The van der Waals surface area contributed by atoms with Gasteiger partial charge >= 0.3 is 5.97 Å². The van der Waals surface area contributed by atoms with E-state index in [4.69, 9.17) is 0 Å². The van der Waals surface area contributed by atoms with E-state index in [1.54, 1.807) is 12.1 Å².